The molecule has 0 aliphatic rings. The molecule has 0 unspecified atom stereocenters. The van der Waals surface area contributed by atoms with Gasteiger partial charge in [0.05, 0.1) is 14.2 Å². The van der Waals surface area contributed by atoms with E-state index in [2.05, 4.69) is 15.4 Å². The van der Waals surface area contributed by atoms with Crippen LogP contribution in [0.2, 0.25) is 0 Å². The molecule has 7 heteroatoms. The minimum absolute atomic E-state index is 0.155. The molecule has 7 nitrogen and oxygen atoms in total. The van der Waals surface area contributed by atoms with Gasteiger partial charge in [-0.2, -0.15) is 0 Å². The van der Waals surface area contributed by atoms with Crippen LogP contribution in [-0.4, -0.2) is 38.5 Å². The number of amides is 2. The minimum atomic E-state index is -0.536. The smallest absolute Gasteiger partial charge is 0.325 e. The molecule has 2 amide bonds. The fraction of sp³-hybridized carbons (Fsp3) is 0.250. The van der Waals surface area contributed by atoms with Crippen molar-refractivity contribution in [3.8, 4) is 5.75 Å². The molecule has 2 N–H and O–H groups in total. The molecule has 0 aromatic heterocycles. The summed E-state index contributed by atoms with van der Waals surface area (Å²) < 4.78 is 9.57. The summed E-state index contributed by atoms with van der Waals surface area (Å²) in [7, 11) is 2.85. The van der Waals surface area contributed by atoms with Crippen molar-refractivity contribution in [2.45, 2.75) is 12.8 Å². The summed E-state index contributed by atoms with van der Waals surface area (Å²) in [6.07, 6.45) is 0.903. The fourth-order valence-corrected chi connectivity index (χ4v) is 2.34. The number of methoxy groups -OCH3 is 2. The number of carbonyl (C=O) groups excluding carboxylic acids is 3. The van der Waals surface area contributed by atoms with Crippen molar-refractivity contribution >= 4 is 23.5 Å². The summed E-state index contributed by atoms with van der Waals surface area (Å²) in [6.45, 7) is -0.215. The largest absolute Gasteiger partial charge is 0.497 e. The summed E-state index contributed by atoms with van der Waals surface area (Å²) in [4.78, 5) is 35.3. The van der Waals surface area contributed by atoms with Gasteiger partial charge in [-0.15, -0.1) is 0 Å². The van der Waals surface area contributed by atoms with E-state index >= 15 is 0 Å². The van der Waals surface area contributed by atoms with Gasteiger partial charge in [0.2, 0.25) is 5.91 Å². The van der Waals surface area contributed by atoms with Gasteiger partial charge in [-0.05, 0) is 42.3 Å². The van der Waals surface area contributed by atoms with Crippen LogP contribution in [0.25, 0.3) is 0 Å². The van der Waals surface area contributed by atoms with Gasteiger partial charge in [0.25, 0.3) is 5.91 Å². The quantitative estimate of drug-likeness (QED) is 0.695. The van der Waals surface area contributed by atoms with E-state index < -0.39 is 11.9 Å². The molecule has 2 aromatic carbocycles. The van der Waals surface area contributed by atoms with Crippen LogP contribution in [0, 0.1) is 0 Å². The third-order valence-corrected chi connectivity index (χ3v) is 3.83. The number of carbonyl (C=O) groups is 3. The Balaban J connectivity index is 1.87. The van der Waals surface area contributed by atoms with E-state index in [0.717, 1.165) is 11.3 Å². The summed E-state index contributed by atoms with van der Waals surface area (Å²) in [5.41, 5.74) is 1.88. The SMILES string of the molecule is COC(=O)CNC(=O)c1cccc(NC(=O)CCc2ccc(OC)cc2)c1. The first-order valence-corrected chi connectivity index (χ1v) is 8.39. The van der Waals surface area contributed by atoms with Gasteiger partial charge in [-0.25, -0.2) is 0 Å². The Hall–Kier alpha value is -3.35. The topological polar surface area (TPSA) is 93.7 Å². The second kappa shape index (κ2) is 9.96. The normalized spacial score (nSPS) is 10.0. The highest BCUT2D eigenvalue weighted by Gasteiger charge is 2.10. The summed E-state index contributed by atoms with van der Waals surface area (Å²) in [6, 6.07) is 14.0. The Labute approximate surface area is 157 Å². The van der Waals surface area contributed by atoms with Crippen molar-refractivity contribution in [3.63, 3.8) is 0 Å². The first-order valence-electron chi connectivity index (χ1n) is 8.39. The van der Waals surface area contributed by atoms with Gasteiger partial charge in [0, 0.05) is 17.7 Å². The molecule has 142 valence electrons. The number of rotatable bonds is 8. The molecule has 27 heavy (non-hydrogen) atoms. The van der Waals surface area contributed by atoms with Crippen LogP contribution < -0.4 is 15.4 Å². The number of ether oxygens (including phenoxy) is 2. The van der Waals surface area contributed by atoms with E-state index in [4.69, 9.17) is 4.74 Å². The van der Waals surface area contributed by atoms with Gasteiger partial charge >= 0.3 is 5.97 Å². The lowest BCUT2D eigenvalue weighted by Gasteiger charge is -2.08. The zero-order valence-corrected chi connectivity index (χ0v) is 15.3. The van der Waals surface area contributed by atoms with E-state index in [9.17, 15) is 14.4 Å². The lowest BCUT2D eigenvalue weighted by Crippen LogP contribution is -2.30. The predicted molar refractivity (Wildman–Crippen MR) is 101 cm³/mol. The Morgan fingerprint density at radius 3 is 2.41 bits per heavy atom. The van der Waals surface area contributed by atoms with Crippen molar-refractivity contribution in [2.24, 2.45) is 0 Å². The molecule has 0 heterocycles. The van der Waals surface area contributed by atoms with Gasteiger partial charge in [-0.3, -0.25) is 14.4 Å². The molecule has 0 saturated carbocycles. The first kappa shape index (κ1) is 20.0. The summed E-state index contributed by atoms with van der Waals surface area (Å²) in [5, 5.41) is 5.22. The number of esters is 1. The Morgan fingerprint density at radius 1 is 1.00 bits per heavy atom. The van der Waals surface area contributed by atoms with Crippen LogP contribution in [0.3, 0.4) is 0 Å². The molecule has 0 radical (unpaired) electrons. The predicted octanol–water partition coefficient (Wildman–Crippen LogP) is 2.17. The van der Waals surface area contributed by atoms with Crippen molar-refractivity contribution in [3.05, 3.63) is 59.7 Å². The number of aryl methyl sites for hydroxylation is 1. The highest BCUT2D eigenvalue weighted by Crippen LogP contribution is 2.14. The first-order chi connectivity index (χ1) is 13.0. The molecule has 2 aromatic rings. The van der Waals surface area contributed by atoms with E-state index in [1.54, 1.807) is 31.4 Å². The average Bonchev–Trinajstić information content (AvgIpc) is 2.70. The lowest BCUT2D eigenvalue weighted by atomic mass is 10.1. The van der Waals surface area contributed by atoms with Gasteiger partial charge in [-0.1, -0.05) is 18.2 Å². The highest BCUT2D eigenvalue weighted by atomic mass is 16.5. The number of hydrogen-bond acceptors (Lipinski definition) is 5. The van der Waals surface area contributed by atoms with Crippen LogP contribution in [-0.2, 0) is 20.7 Å². The molecule has 0 aliphatic heterocycles. The van der Waals surface area contributed by atoms with E-state index in [0.29, 0.717) is 24.1 Å². The minimum Gasteiger partial charge on any atom is -0.497 e. The Kier molecular flexibility index (Phi) is 7.37. The molecular formula is C20H22N2O5. The second-order valence-electron chi connectivity index (χ2n) is 5.74. The van der Waals surface area contributed by atoms with Crippen LogP contribution in [0.15, 0.2) is 48.5 Å². The monoisotopic (exact) mass is 370 g/mol. The second-order valence-corrected chi connectivity index (χ2v) is 5.74. The Morgan fingerprint density at radius 2 is 1.74 bits per heavy atom. The van der Waals surface area contributed by atoms with E-state index in [1.165, 1.54) is 7.11 Å². The summed E-state index contributed by atoms with van der Waals surface area (Å²) in [5.74, 6) is -0.343. The molecular weight excluding hydrogens is 348 g/mol. The van der Waals surface area contributed by atoms with E-state index in [-0.39, 0.29) is 12.5 Å². The third kappa shape index (κ3) is 6.47. The van der Waals surface area contributed by atoms with E-state index in [1.807, 2.05) is 24.3 Å². The van der Waals surface area contributed by atoms with Crippen LogP contribution in [0.1, 0.15) is 22.3 Å². The molecule has 0 aliphatic carbocycles. The van der Waals surface area contributed by atoms with Gasteiger partial charge in [0.15, 0.2) is 0 Å². The van der Waals surface area contributed by atoms with Crippen molar-refractivity contribution in [1.29, 1.82) is 0 Å². The lowest BCUT2D eigenvalue weighted by molar-refractivity contribution is -0.139. The maximum absolute atomic E-state index is 12.1. The maximum atomic E-state index is 12.1. The van der Waals surface area contributed by atoms with Crippen LogP contribution in [0.5, 0.6) is 5.75 Å². The van der Waals surface area contributed by atoms with Crippen molar-refractivity contribution in [1.82, 2.24) is 5.32 Å². The fourth-order valence-electron chi connectivity index (χ4n) is 2.34. The van der Waals surface area contributed by atoms with Crippen LogP contribution >= 0.6 is 0 Å². The van der Waals surface area contributed by atoms with Gasteiger partial charge in [0.1, 0.15) is 12.3 Å². The number of benzene rings is 2. The van der Waals surface area contributed by atoms with Crippen molar-refractivity contribution in [2.75, 3.05) is 26.1 Å². The molecule has 0 fully saturated rings. The zero-order chi connectivity index (χ0) is 19.6. The molecule has 2 rings (SSSR count). The Bertz CT molecular complexity index is 802. The number of anilines is 1. The highest BCUT2D eigenvalue weighted by molar-refractivity contribution is 5.98. The molecule has 0 saturated heterocycles. The zero-order valence-electron chi connectivity index (χ0n) is 15.3. The molecule has 0 bridgehead atoms. The molecule has 0 spiro atoms. The maximum Gasteiger partial charge on any atom is 0.325 e. The molecule has 0 atom stereocenters. The van der Waals surface area contributed by atoms with Crippen molar-refractivity contribution < 1.29 is 23.9 Å². The average molecular weight is 370 g/mol. The number of nitrogens with one attached hydrogen (secondary N) is 2. The standard InChI is InChI=1S/C20H22N2O5/c1-26-17-9-6-14(7-10-17)8-11-18(23)22-16-5-3-4-15(12-16)20(25)21-13-19(24)27-2/h3-7,9-10,12H,8,11,13H2,1-2H3,(H,21,25)(H,22,23). The number of hydrogen-bond donors (Lipinski definition) is 2. The van der Waals surface area contributed by atoms with Gasteiger partial charge < -0.3 is 20.1 Å². The van der Waals surface area contributed by atoms with Crippen LogP contribution in [0.4, 0.5) is 5.69 Å². The summed E-state index contributed by atoms with van der Waals surface area (Å²) >= 11 is 0. The third-order valence-electron chi connectivity index (χ3n) is 3.83.